The second-order valence-electron chi connectivity index (χ2n) is 6.72. The third-order valence-corrected chi connectivity index (χ3v) is 4.81. The third kappa shape index (κ3) is 6.12. The molecule has 0 aliphatic rings. The van der Waals surface area contributed by atoms with Crippen LogP contribution in [0.4, 0.5) is 0 Å². The Bertz CT molecular complexity index is 943. The molecule has 1 heterocycles. The lowest BCUT2D eigenvalue weighted by Gasteiger charge is -2.28. The Hall–Kier alpha value is -3.25. The Morgan fingerprint density at radius 1 is 1.07 bits per heavy atom. The quantitative estimate of drug-likeness (QED) is 0.560. The molecule has 1 aromatic heterocycles. The average Bonchev–Trinajstić information content (AvgIpc) is 3.29. The summed E-state index contributed by atoms with van der Waals surface area (Å²) < 4.78 is 10.8. The van der Waals surface area contributed by atoms with Gasteiger partial charge in [0.2, 0.25) is 5.91 Å². The number of halogens is 1. The smallest absolute Gasteiger partial charge is 0.261 e. The Labute approximate surface area is 180 Å². The minimum Gasteiger partial charge on any atom is -0.484 e. The maximum atomic E-state index is 12.9. The molecule has 3 rings (SSSR count). The molecular formula is C23H23ClN2O4. The van der Waals surface area contributed by atoms with Crippen LogP contribution in [0.25, 0.3) is 0 Å². The van der Waals surface area contributed by atoms with Crippen molar-refractivity contribution in [3.05, 3.63) is 89.3 Å². The predicted molar refractivity (Wildman–Crippen MR) is 114 cm³/mol. The van der Waals surface area contributed by atoms with Gasteiger partial charge in [0.05, 0.1) is 12.8 Å². The van der Waals surface area contributed by atoms with E-state index in [4.69, 9.17) is 20.8 Å². The van der Waals surface area contributed by atoms with Crippen LogP contribution in [-0.2, 0) is 22.7 Å². The molecule has 3 aromatic rings. The number of hydrogen-bond acceptors (Lipinski definition) is 4. The van der Waals surface area contributed by atoms with Crippen LogP contribution in [-0.4, -0.2) is 29.4 Å². The monoisotopic (exact) mass is 426 g/mol. The van der Waals surface area contributed by atoms with E-state index in [2.05, 4.69) is 5.32 Å². The highest BCUT2D eigenvalue weighted by atomic mass is 35.5. The third-order valence-electron chi connectivity index (χ3n) is 4.56. The summed E-state index contributed by atoms with van der Waals surface area (Å²) in [6.45, 7) is 2.02. The zero-order valence-electron chi connectivity index (χ0n) is 16.6. The Kier molecular flexibility index (Phi) is 7.51. The number of hydrogen-bond donors (Lipinski definition) is 1. The molecule has 6 nitrogen and oxygen atoms in total. The van der Waals surface area contributed by atoms with Crippen LogP contribution < -0.4 is 10.1 Å². The summed E-state index contributed by atoms with van der Waals surface area (Å²) in [4.78, 5) is 27.1. The van der Waals surface area contributed by atoms with Crippen molar-refractivity contribution in [2.45, 2.75) is 26.1 Å². The second-order valence-corrected chi connectivity index (χ2v) is 7.16. The van der Waals surface area contributed by atoms with Crippen molar-refractivity contribution in [1.82, 2.24) is 10.2 Å². The van der Waals surface area contributed by atoms with Gasteiger partial charge in [-0.2, -0.15) is 0 Å². The molecule has 0 unspecified atom stereocenters. The first-order valence-corrected chi connectivity index (χ1v) is 9.92. The Morgan fingerprint density at radius 3 is 2.47 bits per heavy atom. The van der Waals surface area contributed by atoms with E-state index in [0.717, 1.165) is 5.56 Å². The van der Waals surface area contributed by atoms with Crippen LogP contribution in [0.5, 0.6) is 5.75 Å². The molecule has 0 aliphatic carbocycles. The fraction of sp³-hybridized carbons (Fsp3) is 0.217. The van der Waals surface area contributed by atoms with Gasteiger partial charge in [-0.3, -0.25) is 9.59 Å². The summed E-state index contributed by atoms with van der Waals surface area (Å²) in [5.74, 6) is 0.647. The number of nitrogens with one attached hydrogen (secondary N) is 1. The number of furan rings is 1. The molecule has 2 aromatic carbocycles. The van der Waals surface area contributed by atoms with Crippen LogP contribution in [0.3, 0.4) is 0 Å². The average molecular weight is 427 g/mol. The van der Waals surface area contributed by atoms with E-state index in [1.54, 1.807) is 49.6 Å². The number of ether oxygens (including phenoxy) is 1. The van der Waals surface area contributed by atoms with Crippen molar-refractivity contribution in [3.63, 3.8) is 0 Å². The van der Waals surface area contributed by atoms with Crippen LogP contribution in [0, 0.1) is 0 Å². The number of amides is 2. The SMILES string of the molecule is C[C@H](C(=O)NCc1ccco1)N(Cc1ccc(Cl)cc1)C(=O)COc1ccccc1. The molecule has 30 heavy (non-hydrogen) atoms. The van der Waals surface area contributed by atoms with Crippen molar-refractivity contribution in [2.24, 2.45) is 0 Å². The van der Waals surface area contributed by atoms with Crippen molar-refractivity contribution in [2.75, 3.05) is 6.61 Å². The molecule has 156 valence electrons. The lowest BCUT2D eigenvalue weighted by Crippen LogP contribution is -2.48. The first-order chi connectivity index (χ1) is 14.5. The van der Waals surface area contributed by atoms with Crippen LogP contribution in [0.15, 0.2) is 77.4 Å². The summed E-state index contributed by atoms with van der Waals surface area (Å²) in [6.07, 6.45) is 1.54. The van der Waals surface area contributed by atoms with Gasteiger partial charge >= 0.3 is 0 Å². The zero-order chi connectivity index (χ0) is 21.3. The van der Waals surface area contributed by atoms with Gasteiger partial charge in [-0.25, -0.2) is 0 Å². The minimum absolute atomic E-state index is 0.173. The maximum absolute atomic E-state index is 12.9. The van der Waals surface area contributed by atoms with Gasteiger partial charge in [0.15, 0.2) is 6.61 Å². The van der Waals surface area contributed by atoms with Gasteiger partial charge in [-0.15, -0.1) is 0 Å². The highest BCUT2D eigenvalue weighted by molar-refractivity contribution is 6.30. The van der Waals surface area contributed by atoms with Gasteiger partial charge in [-0.1, -0.05) is 41.9 Å². The molecule has 1 N–H and O–H groups in total. The molecule has 0 aliphatic heterocycles. The van der Waals surface area contributed by atoms with E-state index in [9.17, 15) is 9.59 Å². The number of nitrogens with zero attached hydrogens (tertiary/aromatic N) is 1. The number of rotatable bonds is 9. The van der Waals surface area contributed by atoms with Gasteiger partial charge in [0, 0.05) is 11.6 Å². The summed E-state index contributed by atoms with van der Waals surface area (Å²) in [5, 5.41) is 3.41. The van der Waals surface area contributed by atoms with Gasteiger partial charge < -0.3 is 19.4 Å². The molecule has 0 radical (unpaired) electrons. The van der Waals surface area contributed by atoms with E-state index >= 15 is 0 Å². The largest absolute Gasteiger partial charge is 0.484 e. The van der Waals surface area contributed by atoms with E-state index in [1.165, 1.54) is 4.90 Å². The molecule has 0 saturated heterocycles. The van der Waals surface area contributed by atoms with Crippen molar-refractivity contribution < 1.29 is 18.7 Å². The van der Waals surface area contributed by atoms with E-state index < -0.39 is 6.04 Å². The lowest BCUT2D eigenvalue weighted by molar-refractivity contribution is -0.142. The Morgan fingerprint density at radius 2 is 1.80 bits per heavy atom. The molecule has 1 atom stereocenters. The van der Waals surface area contributed by atoms with Gasteiger partial charge in [-0.05, 0) is 48.9 Å². The first kappa shape index (κ1) is 21.5. The van der Waals surface area contributed by atoms with Crippen LogP contribution >= 0.6 is 11.6 Å². The topological polar surface area (TPSA) is 71.8 Å². The van der Waals surface area contributed by atoms with Crippen LogP contribution in [0.1, 0.15) is 18.2 Å². The maximum Gasteiger partial charge on any atom is 0.261 e. The normalized spacial score (nSPS) is 11.5. The summed E-state index contributed by atoms with van der Waals surface area (Å²) >= 11 is 5.96. The van der Waals surface area contributed by atoms with E-state index in [-0.39, 0.29) is 31.5 Å². The summed E-state index contributed by atoms with van der Waals surface area (Å²) in [5.41, 5.74) is 0.859. The van der Waals surface area contributed by atoms with Crippen LogP contribution in [0.2, 0.25) is 5.02 Å². The zero-order valence-corrected chi connectivity index (χ0v) is 17.3. The fourth-order valence-corrected chi connectivity index (χ4v) is 2.97. The molecular weight excluding hydrogens is 404 g/mol. The molecule has 7 heteroatoms. The van der Waals surface area contributed by atoms with Gasteiger partial charge in [0.1, 0.15) is 17.6 Å². The summed E-state index contributed by atoms with van der Waals surface area (Å²) in [6, 6.07) is 19.1. The number of carbonyl (C=O) groups is 2. The van der Waals surface area contributed by atoms with Crippen molar-refractivity contribution in [1.29, 1.82) is 0 Å². The van der Waals surface area contributed by atoms with Gasteiger partial charge in [0.25, 0.3) is 5.91 Å². The van der Waals surface area contributed by atoms with E-state index in [1.807, 2.05) is 30.3 Å². The predicted octanol–water partition coefficient (Wildman–Crippen LogP) is 4.05. The number of para-hydroxylation sites is 1. The van der Waals surface area contributed by atoms with E-state index in [0.29, 0.717) is 16.5 Å². The number of benzene rings is 2. The highest BCUT2D eigenvalue weighted by Crippen LogP contribution is 2.15. The molecule has 0 saturated carbocycles. The second kappa shape index (κ2) is 10.5. The molecule has 0 bridgehead atoms. The minimum atomic E-state index is -0.706. The molecule has 0 fully saturated rings. The molecule has 2 amide bonds. The standard InChI is InChI=1S/C23H23ClN2O4/c1-17(23(28)25-14-21-8-5-13-29-21)26(15-18-9-11-19(24)12-10-18)22(27)16-30-20-6-3-2-4-7-20/h2-13,17H,14-16H2,1H3,(H,25,28)/t17-/m1/s1. The Balaban J connectivity index is 1.68. The fourth-order valence-electron chi connectivity index (χ4n) is 2.85. The first-order valence-electron chi connectivity index (χ1n) is 9.55. The molecule has 0 spiro atoms. The van der Waals surface area contributed by atoms with Crippen molar-refractivity contribution in [3.8, 4) is 5.75 Å². The number of carbonyl (C=O) groups excluding carboxylic acids is 2. The van der Waals surface area contributed by atoms with Crippen molar-refractivity contribution >= 4 is 23.4 Å². The lowest BCUT2D eigenvalue weighted by atomic mass is 10.1. The summed E-state index contributed by atoms with van der Waals surface area (Å²) in [7, 11) is 0. The highest BCUT2D eigenvalue weighted by Gasteiger charge is 2.26.